The van der Waals surface area contributed by atoms with Gasteiger partial charge in [0.15, 0.2) is 0 Å². The third kappa shape index (κ3) is 1.73. The fourth-order valence-corrected chi connectivity index (χ4v) is 1.79. The number of hydrogen-bond donors (Lipinski definition) is 0. The molecule has 0 amide bonds. The SMILES string of the molecule is C=Cn1cccc1-c1cc(C)ccc1C. The van der Waals surface area contributed by atoms with Crippen LogP contribution in [0.15, 0.2) is 43.1 Å². The van der Waals surface area contributed by atoms with E-state index in [4.69, 9.17) is 0 Å². The smallest absolute Gasteiger partial charge is 0.0524 e. The highest BCUT2D eigenvalue weighted by Crippen LogP contribution is 2.25. The van der Waals surface area contributed by atoms with Crippen molar-refractivity contribution in [2.24, 2.45) is 0 Å². The van der Waals surface area contributed by atoms with Crippen LogP contribution in [0.4, 0.5) is 0 Å². The van der Waals surface area contributed by atoms with E-state index in [1.165, 1.54) is 22.4 Å². The largest absolute Gasteiger partial charge is 0.324 e. The van der Waals surface area contributed by atoms with Crippen molar-refractivity contribution in [2.45, 2.75) is 13.8 Å². The highest BCUT2D eigenvalue weighted by Gasteiger charge is 2.05. The monoisotopic (exact) mass is 197 g/mol. The lowest BCUT2D eigenvalue weighted by atomic mass is 10.0. The Hall–Kier alpha value is -1.76. The minimum atomic E-state index is 1.20. The Morgan fingerprint density at radius 1 is 1.20 bits per heavy atom. The molecule has 0 unspecified atom stereocenters. The lowest BCUT2D eigenvalue weighted by molar-refractivity contribution is 1.17. The van der Waals surface area contributed by atoms with Crippen molar-refractivity contribution in [2.75, 3.05) is 0 Å². The fourth-order valence-electron chi connectivity index (χ4n) is 1.79. The molecular formula is C14H15N. The van der Waals surface area contributed by atoms with Crippen LogP contribution >= 0.6 is 0 Å². The number of aromatic nitrogens is 1. The molecule has 0 spiro atoms. The van der Waals surface area contributed by atoms with Crippen LogP contribution in [-0.4, -0.2) is 4.57 Å². The molecule has 0 aliphatic rings. The van der Waals surface area contributed by atoms with Crippen molar-refractivity contribution in [1.82, 2.24) is 4.57 Å². The molecule has 0 N–H and O–H groups in total. The maximum absolute atomic E-state index is 3.80. The maximum Gasteiger partial charge on any atom is 0.0524 e. The van der Waals surface area contributed by atoms with Gasteiger partial charge in [-0.15, -0.1) is 0 Å². The molecule has 2 aromatic rings. The minimum Gasteiger partial charge on any atom is -0.324 e. The summed E-state index contributed by atoms with van der Waals surface area (Å²) < 4.78 is 2.04. The van der Waals surface area contributed by atoms with Crippen LogP contribution in [0.1, 0.15) is 11.1 Å². The van der Waals surface area contributed by atoms with Gasteiger partial charge in [-0.05, 0) is 37.6 Å². The Balaban J connectivity index is 2.62. The van der Waals surface area contributed by atoms with Gasteiger partial charge in [-0.1, -0.05) is 24.3 Å². The fraction of sp³-hybridized carbons (Fsp3) is 0.143. The third-order valence-electron chi connectivity index (χ3n) is 2.64. The molecule has 0 bridgehead atoms. The van der Waals surface area contributed by atoms with E-state index in [0.717, 1.165) is 0 Å². The summed E-state index contributed by atoms with van der Waals surface area (Å²) in [4.78, 5) is 0. The first kappa shape index (κ1) is 9.78. The highest BCUT2D eigenvalue weighted by atomic mass is 14.9. The zero-order valence-electron chi connectivity index (χ0n) is 9.20. The number of aryl methyl sites for hydroxylation is 2. The van der Waals surface area contributed by atoms with Crippen LogP contribution < -0.4 is 0 Å². The first-order valence-electron chi connectivity index (χ1n) is 5.09. The Morgan fingerprint density at radius 2 is 2.00 bits per heavy atom. The van der Waals surface area contributed by atoms with Crippen molar-refractivity contribution in [3.63, 3.8) is 0 Å². The Morgan fingerprint density at radius 3 is 2.73 bits per heavy atom. The molecule has 76 valence electrons. The second-order valence-corrected chi connectivity index (χ2v) is 3.80. The molecular weight excluding hydrogens is 182 g/mol. The quantitative estimate of drug-likeness (QED) is 0.688. The third-order valence-corrected chi connectivity index (χ3v) is 2.64. The molecule has 15 heavy (non-hydrogen) atoms. The van der Waals surface area contributed by atoms with Gasteiger partial charge in [0.05, 0.1) is 5.69 Å². The molecule has 0 aliphatic carbocycles. The van der Waals surface area contributed by atoms with Gasteiger partial charge in [0.2, 0.25) is 0 Å². The van der Waals surface area contributed by atoms with Gasteiger partial charge in [0.1, 0.15) is 0 Å². The molecule has 0 radical (unpaired) electrons. The van der Waals surface area contributed by atoms with Crippen LogP contribution in [0.2, 0.25) is 0 Å². The molecule has 0 saturated heterocycles. The molecule has 1 aromatic carbocycles. The summed E-state index contributed by atoms with van der Waals surface area (Å²) >= 11 is 0. The van der Waals surface area contributed by atoms with E-state index < -0.39 is 0 Å². The first-order valence-corrected chi connectivity index (χ1v) is 5.09. The zero-order valence-corrected chi connectivity index (χ0v) is 9.20. The van der Waals surface area contributed by atoms with Gasteiger partial charge in [-0.3, -0.25) is 0 Å². The van der Waals surface area contributed by atoms with Gasteiger partial charge >= 0.3 is 0 Å². The second kappa shape index (κ2) is 3.77. The summed E-state index contributed by atoms with van der Waals surface area (Å²) in [6.45, 7) is 8.05. The van der Waals surface area contributed by atoms with Gasteiger partial charge < -0.3 is 4.57 Å². The van der Waals surface area contributed by atoms with Crippen LogP contribution in [0.5, 0.6) is 0 Å². The van der Waals surface area contributed by atoms with E-state index in [1.54, 1.807) is 0 Å². The van der Waals surface area contributed by atoms with Crippen LogP contribution in [0, 0.1) is 13.8 Å². The number of benzene rings is 1. The van der Waals surface area contributed by atoms with Crippen LogP contribution in [0.25, 0.3) is 17.5 Å². The summed E-state index contributed by atoms with van der Waals surface area (Å²) in [6, 6.07) is 10.7. The van der Waals surface area contributed by atoms with E-state index in [2.05, 4.69) is 44.7 Å². The molecule has 0 saturated carbocycles. The average molecular weight is 197 g/mol. The van der Waals surface area contributed by atoms with Crippen molar-refractivity contribution >= 4 is 6.20 Å². The van der Waals surface area contributed by atoms with Gasteiger partial charge in [0, 0.05) is 18.0 Å². The second-order valence-electron chi connectivity index (χ2n) is 3.80. The molecule has 1 heterocycles. The lowest BCUT2D eigenvalue weighted by Crippen LogP contribution is -1.90. The minimum absolute atomic E-state index is 1.20. The van der Waals surface area contributed by atoms with E-state index >= 15 is 0 Å². The lowest BCUT2D eigenvalue weighted by Gasteiger charge is -2.08. The average Bonchev–Trinajstić information content (AvgIpc) is 2.69. The number of rotatable bonds is 2. The first-order chi connectivity index (χ1) is 7.22. The maximum atomic E-state index is 3.80. The Kier molecular flexibility index (Phi) is 2.46. The number of hydrogen-bond acceptors (Lipinski definition) is 0. The summed E-state index contributed by atoms with van der Waals surface area (Å²) in [5.74, 6) is 0. The van der Waals surface area contributed by atoms with Crippen LogP contribution in [-0.2, 0) is 0 Å². The summed E-state index contributed by atoms with van der Waals surface area (Å²) in [5, 5.41) is 0. The summed E-state index contributed by atoms with van der Waals surface area (Å²) in [5.41, 5.74) is 5.06. The molecule has 0 fully saturated rings. The Bertz CT molecular complexity index is 492. The normalized spacial score (nSPS) is 10.3. The number of nitrogens with zero attached hydrogens (tertiary/aromatic N) is 1. The molecule has 2 rings (SSSR count). The van der Waals surface area contributed by atoms with Crippen molar-refractivity contribution in [3.05, 3.63) is 54.2 Å². The van der Waals surface area contributed by atoms with E-state index in [1.807, 2.05) is 23.0 Å². The summed E-state index contributed by atoms with van der Waals surface area (Å²) in [6.07, 6.45) is 3.85. The van der Waals surface area contributed by atoms with Crippen molar-refractivity contribution in [3.8, 4) is 11.3 Å². The Labute approximate surface area is 90.7 Å². The van der Waals surface area contributed by atoms with Gasteiger partial charge in [0.25, 0.3) is 0 Å². The van der Waals surface area contributed by atoms with Crippen LogP contribution in [0.3, 0.4) is 0 Å². The predicted molar refractivity (Wildman–Crippen MR) is 65.7 cm³/mol. The molecule has 0 aliphatic heterocycles. The predicted octanol–water partition coefficient (Wildman–Crippen LogP) is 3.87. The molecule has 1 nitrogen and oxygen atoms in total. The van der Waals surface area contributed by atoms with Gasteiger partial charge in [-0.2, -0.15) is 0 Å². The van der Waals surface area contributed by atoms with Crippen molar-refractivity contribution < 1.29 is 0 Å². The topological polar surface area (TPSA) is 4.93 Å². The standard InChI is InChI=1S/C14H15N/c1-4-15-9-5-6-14(15)13-10-11(2)7-8-12(13)3/h4-10H,1H2,2-3H3. The van der Waals surface area contributed by atoms with E-state index in [9.17, 15) is 0 Å². The van der Waals surface area contributed by atoms with Gasteiger partial charge in [-0.25, -0.2) is 0 Å². The zero-order chi connectivity index (χ0) is 10.8. The van der Waals surface area contributed by atoms with Crippen molar-refractivity contribution in [1.29, 1.82) is 0 Å². The molecule has 0 atom stereocenters. The molecule has 1 aromatic heterocycles. The molecule has 1 heteroatoms. The highest BCUT2D eigenvalue weighted by molar-refractivity contribution is 5.67. The van der Waals surface area contributed by atoms with E-state index in [-0.39, 0.29) is 0 Å². The summed E-state index contributed by atoms with van der Waals surface area (Å²) in [7, 11) is 0. The van der Waals surface area contributed by atoms with E-state index in [0.29, 0.717) is 0 Å².